The molecule has 4 heteroatoms. The van der Waals surface area contributed by atoms with E-state index in [1.165, 1.54) is 11.9 Å². The third kappa shape index (κ3) is 3.14. The van der Waals surface area contributed by atoms with Gasteiger partial charge in [0.25, 0.3) is 0 Å². The molecule has 0 unspecified atom stereocenters. The second-order valence-corrected chi connectivity index (χ2v) is 6.01. The Kier molecular flexibility index (Phi) is 5.14. The van der Waals surface area contributed by atoms with Crippen LogP contribution < -0.4 is 4.90 Å². The Hall–Kier alpha value is -2.36. The number of benzene rings is 1. The summed E-state index contributed by atoms with van der Waals surface area (Å²) in [6, 6.07) is 12.6. The fraction of sp³-hybridized carbons (Fsp3) is 0.400. The first-order chi connectivity index (χ1) is 11.8. The topological polar surface area (TPSA) is 34.0 Å². The van der Waals surface area contributed by atoms with Gasteiger partial charge in [0.2, 0.25) is 0 Å². The number of pyridine rings is 1. The molecule has 0 atom stereocenters. The molecule has 0 N–H and O–H groups in total. The van der Waals surface area contributed by atoms with Crippen LogP contribution >= 0.6 is 0 Å². The molecule has 126 valence electrons. The van der Waals surface area contributed by atoms with Crippen molar-refractivity contribution in [2.24, 2.45) is 0 Å². The molecule has 3 rings (SSSR count). The monoisotopic (exact) mass is 322 g/mol. The SMILES string of the molecule is CCCCn1c(-c2ccc(N(CC)CC)nc2)nc2ccccc21. The molecule has 2 heterocycles. The Morgan fingerprint density at radius 2 is 1.79 bits per heavy atom. The number of hydrogen-bond acceptors (Lipinski definition) is 3. The summed E-state index contributed by atoms with van der Waals surface area (Å²) in [6.45, 7) is 9.46. The standard InChI is InChI=1S/C20H26N4/c1-4-7-14-24-18-11-9-8-10-17(18)22-20(24)16-12-13-19(21-15-16)23(5-2)6-3/h8-13,15H,4-7,14H2,1-3H3. The Morgan fingerprint density at radius 1 is 1.00 bits per heavy atom. The lowest BCUT2D eigenvalue weighted by molar-refractivity contribution is 0.651. The molecule has 0 fully saturated rings. The zero-order chi connectivity index (χ0) is 16.9. The van der Waals surface area contributed by atoms with E-state index in [4.69, 9.17) is 4.98 Å². The number of para-hydroxylation sites is 2. The summed E-state index contributed by atoms with van der Waals surface area (Å²) in [7, 11) is 0. The fourth-order valence-corrected chi connectivity index (χ4v) is 3.09. The molecule has 24 heavy (non-hydrogen) atoms. The minimum Gasteiger partial charge on any atom is -0.357 e. The van der Waals surface area contributed by atoms with E-state index >= 15 is 0 Å². The molecule has 0 bridgehead atoms. The number of aryl methyl sites for hydroxylation is 1. The molecule has 0 spiro atoms. The molecule has 0 aliphatic carbocycles. The first-order valence-corrected chi connectivity index (χ1v) is 8.95. The fourth-order valence-electron chi connectivity index (χ4n) is 3.09. The molecular formula is C20H26N4. The second kappa shape index (κ2) is 7.47. The van der Waals surface area contributed by atoms with Crippen LogP contribution in [0.1, 0.15) is 33.6 Å². The van der Waals surface area contributed by atoms with Crippen molar-refractivity contribution in [2.45, 2.75) is 40.2 Å². The Labute approximate surface area is 144 Å². The molecule has 0 aliphatic rings. The van der Waals surface area contributed by atoms with Crippen molar-refractivity contribution in [2.75, 3.05) is 18.0 Å². The summed E-state index contributed by atoms with van der Waals surface area (Å²) < 4.78 is 2.33. The van der Waals surface area contributed by atoms with Gasteiger partial charge in [0.1, 0.15) is 11.6 Å². The summed E-state index contributed by atoms with van der Waals surface area (Å²) in [6.07, 6.45) is 4.28. The summed E-state index contributed by atoms with van der Waals surface area (Å²) in [4.78, 5) is 11.8. The van der Waals surface area contributed by atoms with Gasteiger partial charge in [-0.05, 0) is 44.5 Å². The average Bonchev–Trinajstić information content (AvgIpc) is 3.00. The Balaban J connectivity index is 2.01. The van der Waals surface area contributed by atoms with Crippen LogP contribution in [0.5, 0.6) is 0 Å². The summed E-state index contributed by atoms with van der Waals surface area (Å²) in [5, 5.41) is 0. The van der Waals surface area contributed by atoms with Crippen LogP contribution in [0.15, 0.2) is 42.6 Å². The molecule has 0 radical (unpaired) electrons. The number of rotatable bonds is 7. The van der Waals surface area contributed by atoms with Gasteiger partial charge in [0.15, 0.2) is 0 Å². The molecule has 2 aromatic heterocycles. The third-order valence-electron chi connectivity index (χ3n) is 4.48. The van der Waals surface area contributed by atoms with Gasteiger partial charge in [-0.2, -0.15) is 0 Å². The highest BCUT2D eigenvalue weighted by Gasteiger charge is 2.13. The zero-order valence-corrected chi connectivity index (χ0v) is 14.9. The van der Waals surface area contributed by atoms with Gasteiger partial charge in [-0.1, -0.05) is 25.5 Å². The molecule has 0 saturated heterocycles. The molecule has 1 aromatic carbocycles. The molecule has 3 aromatic rings. The van der Waals surface area contributed by atoms with Gasteiger partial charge in [-0.15, -0.1) is 0 Å². The molecule has 0 aliphatic heterocycles. The van der Waals surface area contributed by atoms with Crippen LogP contribution in [0, 0.1) is 0 Å². The first-order valence-electron chi connectivity index (χ1n) is 8.95. The van der Waals surface area contributed by atoms with Crippen molar-refractivity contribution in [3.63, 3.8) is 0 Å². The normalized spacial score (nSPS) is 11.1. The van der Waals surface area contributed by atoms with Crippen molar-refractivity contribution < 1.29 is 0 Å². The van der Waals surface area contributed by atoms with Gasteiger partial charge in [-0.3, -0.25) is 0 Å². The van der Waals surface area contributed by atoms with Crippen molar-refractivity contribution in [3.05, 3.63) is 42.6 Å². The lowest BCUT2D eigenvalue weighted by Gasteiger charge is -2.19. The highest BCUT2D eigenvalue weighted by atomic mass is 15.2. The van der Waals surface area contributed by atoms with Crippen LogP contribution in [-0.4, -0.2) is 27.6 Å². The van der Waals surface area contributed by atoms with Crippen LogP contribution in [0.3, 0.4) is 0 Å². The number of unbranched alkanes of at least 4 members (excludes halogenated alkanes) is 1. The van der Waals surface area contributed by atoms with Gasteiger partial charge in [0, 0.05) is 31.4 Å². The summed E-state index contributed by atoms with van der Waals surface area (Å²) in [5.41, 5.74) is 3.34. The Morgan fingerprint density at radius 3 is 2.46 bits per heavy atom. The predicted octanol–water partition coefficient (Wildman–Crippen LogP) is 4.74. The number of aromatic nitrogens is 3. The lowest BCUT2D eigenvalue weighted by atomic mass is 10.2. The maximum absolute atomic E-state index is 4.86. The number of hydrogen-bond donors (Lipinski definition) is 0. The number of imidazole rings is 1. The largest absolute Gasteiger partial charge is 0.357 e. The Bertz CT molecular complexity index is 785. The smallest absolute Gasteiger partial charge is 0.142 e. The highest BCUT2D eigenvalue weighted by molar-refractivity contribution is 5.80. The summed E-state index contributed by atoms with van der Waals surface area (Å²) in [5.74, 6) is 2.04. The van der Waals surface area contributed by atoms with Crippen molar-refractivity contribution >= 4 is 16.9 Å². The van der Waals surface area contributed by atoms with E-state index in [-0.39, 0.29) is 0 Å². The minimum absolute atomic E-state index is 0.970. The van der Waals surface area contributed by atoms with E-state index < -0.39 is 0 Å². The molecule has 4 nitrogen and oxygen atoms in total. The van der Waals surface area contributed by atoms with Crippen molar-refractivity contribution in [1.82, 2.24) is 14.5 Å². The summed E-state index contributed by atoms with van der Waals surface area (Å²) >= 11 is 0. The van der Waals surface area contributed by atoms with Gasteiger partial charge < -0.3 is 9.47 Å². The average molecular weight is 322 g/mol. The van der Waals surface area contributed by atoms with E-state index in [1.54, 1.807) is 0 Å². The van der Waals surface area contributed by atoms with E-state index in [1.807, 2.05) is 12.3 Å². The van der Waals surface area contributed by atoms with Crippen LogP contribution in [-0.2, 0) is 6.54 Å². The van der Waals surface area contributed by atoms with Gasteiger partial charge in [-0.25, -0.2) is 9.97 Å². The first kappa shape index (κ1) is 16.5. The lowest BCUT2D eigenvalue weighted by Crippen LogP contribution is -2.22. The van der Waals surface area contributed by atoms with Gasteiger partial charge >= 0.3 is 0 Å². The number of fused-ring (bicyclic) bond motifs is 1. The molecule has 0 amide bonds. The minimum atomic E-state index is 0.970. The van der Waals surface area contributed by atoms with Gasteiger partial charge in [0.05, 0.1) is 11.0 Å². The van der Waals surface area contributed by atoms with Crippen LogP contribution in [0.4, 0.5) is 5.82 Å². The second-order valence-electron chi connectivity index (χ2n) is 6.01. The number of nitrogens with zero attached hydrogens (tertiary/aromatic N) is 4. The van der Waals surface area contributed by atoms with Crippen LogP contribution in [0.25, 0.3) is 22.4 Å². The highest BCUT2D eigenvalue weighted by Crippen LogP contribution is 2.26. The van der Waals surface area contributed by atoms with E-state index in [9.17, 15) is 0 Å². The van der Waals surface area contributed by atoms with E-state index in [2.05, 4.69) is 65.6 Å². The maximum Gasteiger partial charge on any atom is 0.142 e. The maximum atomic E-state index is 4.86. The van der Waals surface area contributed by atoms with E-state index in [0.717, 1.165) is 48.8 Å². The van der Waals surface area contributed by atoms with Crippen LogP contribution in [0.2, 0.25) is 0 Å². The van der Waals surface area contributed by atoms with Crippen molar-refractivity contribution in [1.29, 1.82) is 0 Å². The third-order valence-corrected chi connectivity index (χ3v) is 4.48. The number of anilines is 1. The van der Waals surface area contributed by atoms with E-state index in [0.29, 0.717) is 0 Å². The quantitative estimate of drug-likeness (QED) is 0.630. The van der Waals surface area contributed by atoms with Crippen molar-refractivity contribution in [3.8, 4) is 11.4 Å². The zero-order valence-electron chi connectivity index (χ0n) is 14.9. The predicted molar refractivity (Wildman–Crippen MR) is 101 cm³/mol. The molecular weight excluding hydrogens is 296 g/mol. The molecule has 0 saturated carbocycles.